The van der Waals surface area contributed by atoms with E-state index in [1.54, 1.807) is 6.20 Å². The summed E-state index contributed by atoms with van der Waals surface area (Å²) in [6.07, 6.45) is 2.69. The summed E-state index contributed by atoms with van der Waals surface area (Å²) in [6, 6.07) is 10.00. The highest BCUT2D eigenvalue weighted by Crippen LogP contribution is 2.38. The van der Waals surface area contributed by atoms with Crippen molar-refractivity contribution in [2.24, 2.45) is 5.73 Å². The van der Waals surface area contributed by atoms with Gasteiger partial charge in [0.25, 0.3) is 0 Å². The van der Waals surface area contributed by atoms with Crippen molar-refractivity contribution < 1.29 is 4.74 Å². The summed E-state index contributed by atoms with van der Waals surface area (Å²) in [4.78, 5) is 4.44. The van der Waals surface area contributed by atoms with E-state index in [4.69, 9.17) is 10.5 Å². The molecule has 2 heterocycles. The first-order valence-electron chi connectivity index (χ1n) is 6.21. The van der Waals surface area contributed by atoms with Gasteiger partial charge in [-0.2, -0.15) is 0 Å². The number of nitrogens with two attached hydrogens (primary N) is 1. The molecule has 1 aliphatic heterocycles. The van der Waals surface area contributed by atoms with E-state index in [0.29, 0.717) is 6.54 Å². The minimum atomic E-state index is 0.226. The largest absolute Gasteiger partial charge is 0.455 e. The molecule has 2 aromatic rings. The third-order valence-corrected chi connectivity index (χ3v) is 3.51. The van der Waals surface area contributed by atoms with Crippen LogP contribution in [0.5, 0.6) is 11.5 Å². The molecule has 3 rings (SSSR count). The fourth-order valence-corrected chi connectivity index (χ4v) is 2.48. The van der Waals surface area contributed by atoms with E-state index in [1.807, 2.05) is 24.3 Å². The molecular formula is C15H16N2O. The minimum Gasteiger partial charge on any atom is -0.455 e. The number of nitrogens with zero attached hydrogens (tertiary/aromatic N) is 1. The number of aromatic nitrogens is 1. The van der Waals surface area contributed by atoms with E-state index in [1.165, 1.54) is 11.1 Å². The summed E-state index contributed by atoms with van der Waals surface area (Å²) in [7, 11) is 0. The lowest BCUT2D eigenvalue weighted by Crippen LogP contribution is -2.15. The zero-order valence-corrected chi connectivity index (χ0v) is 10.4. The van der Waals surface area contributed by atoms with Gasteiger partial charge in [-0.15, -0.1) is 0 Å². The van der Waals surface area contributed by atoms with Crippen molar-refractivity contribution in [3.8, 4) is 11.5 Å². The quantitative estimate of drug-likeness (QED) is 0.833. The summed E-state index contributed by atoms with van der Waals surface area (Å²) in [5.74, 6) is 1.99. The Kier molecular flexibility index (Phi) is 2.76. The number of ether oxygens (including phenoxy) is 1. The lowest BCUT2D eigenvalue weighted by molar-refractivity contribution is 0.474. The molecule has 0 radical (unpaired) electrons. The molecule has 92 valence electrons. The zero-order valence-electron chi connectivity index (χ0n) is 10.4. The van der Waals surface area contributed by atoms with E-state index in [9.17, 15) is 0 Å². The third-order valence-electron chi connectivity index (χ3n) is 3.51. The molecular weight excluding hydrogens is 224 g/mol. The maximum Gasteiger partial charge on any atom is 0.149 e. The number of fused-ring (bicyclic) bond motifs is 2. The summed E-state index contributed by atoms with van der Waals surface area (Å²) in [5, 5.41) is 0. The third kappa shape index (κ3) is 1.77. The molecule has 0 saturated heterocycles. The number of hydrogen-bond donors (Lipinski definition) is 1. The monoisotopic (exact) mass is 240 g/mol. The number of rotatable bonds is 1. The maximum absolute atomic E-state index is 6.00. The fraction of sp³-hybridized carbons (Fsp3) is 0.267. The van der Waals surface area contributed by atoms with Crippen LogP contribution in [0.3, 0.4) is 0 Å². The van der Waals surface area contributed by atoms with Crippen molar-refractivity contribution in [3.63, 3.8) is 0 Å². The molecule has 18 heavy (non-hydrogen) atoms. The van der Waals surface area contributed by atoms with Crippen molar-refractivity contribution in [2.45, 2.75) is 19.3 Å². The molecule has 0 fully saturated rings. The SMILES string of the molecule is Cc1cccc2c1C[C@H](CN)c1ncccc1O2. The summed E-state index contributed by atoms with van der Waals surface area (Å²) >= 11 is 0. The highest BCUT2D eigenvalue weighted by Gasteiger charge is 2.24. The predicted molar refractivity (Wildman–Crippen MR) is 71.0 cm³/mol. The van der Waals surface area contributed by atoms with Crippen LogP contribution in [-0.2, 0) is 6.42 Å². The molecule has 0 bridgehead atoms. The topological polar surface area (TPSA) is 48.1 Å². The van der Waals surface area contributed by atoms with E-state index in [0.717, 1.165) is 23.6 Å². The lowest BCUT2D eigenvalue weighted by atomic mass is 9.93. The van der Waals surface area contributed by atoms with Crippen LogP contribution < -0.4 is 10.5 Å². The van der Waals surface area contributed by atoms with Crippen molar-refractivity contribution in [2.75, 3.05) is 6.54 Å². The average Bonchev–Trinajstić information content (AvgIpc) is 2.55. The Balaban J connectivity index is 2.16. The molecule has 0 aliphatic carbocycles. The van der Waals surface area contributed by atoms with E-state index < -0.39 is 0 Å². The molecule has 1 aromatic carbocycles. The van der Waals surface area contributed by atoms with E-state index in [-0.39, 0.29) is 5.92 Å². The Morgan fingerprint density at radius 2 is 2.11 bits per heavy atom. The van der Waals surface area contributed by atoms with Crippen LogP contribution in [0.1, 0.15) is 22.7 Å². The van der Waals surface area contributed by atoms with Crippen LogP contribution in [0.4, 0.5) is 0 Å². The van der Waals surface area contributed by atoms with E-state index in [2.05, 4.69) is 18.0 Å². The van der Waals surface area contributed by atoms with Gasteiger partial charge in [0.15, 0.2) is 0 Å². The van der Waals surface area contributed by atoms with Gasteiger partial charge in [0.2, 0.25) is 0 Å². The Bertz CT molecular complexity index is 580. The molecule has 0 spiro atoms. The number of aryl methyl sites for hydroxylation is 1. The van der Waals surface area contributed by atoms with Gasteiger partial charge in [-0.3, -0.25) is 4.98 Å². The molecule has 3 nitrogen and oxygen atoms in total. The van der Waals surface area contributed by atoms with Crippen LogP contribution >= 0.6 is 0 Å². The molecule has 3 heteroatoms. The van der Waals surface area contributed by atoms with Gasteiger partial charge in [-0.05, 0) is 42.7 Å². The normalized spacial score (nSPS) is 17.3. The minimum absolute atomic E-state index is 0.226. The highest BCUT2D eigenvalue weighted by atomic mass is 16.5. The van der Waals surface area contributed by atoms with Gasteiger partial charge in [0.05, 0.1) is 5.69 Å². The van der Waals surface area contributed by atoms with Crippen LogP contribution in [-0.4, -0.2) is 11.5 Å². The van der Waals surface area contributed by atoms with Crippen molar-refractivity contribution in [1.29, 1.82) is 0 Å². The Morgan fingerprint density at radius 3 is 2.94 bits per heavy atom. The van der Waals surface area contributed by atoms with Crippen molar-refractivity contribution in [3.05, 3.63) is 53.3 Å². The second kappa shape index (κ2) is 4.42. The molecule has 1 aliphatic rings. The Morgan fingerprint density at radius 1 is 1.28 bits per heavy atom. The van der Waals surface area contributed by atoms with Gasteiger partial charge >= 0.3 is 0 Å². The summed E-state index contributed by atoms with van der Waals surface area (Å²) in [5.41, 5.74) is 9.36. The molecule has 0 unspecified atom stereocenters. The molecule has 1 aromatic heterocycles. The Labute approximate surface area is 107 Å². The fourth-order valence-electron chi connectivity index (χ4n) is 2.48. The first kappa shape index (κ1) is 11.2. The number of benzene rings is 1. The highest BCUT2D eigenvalue weighted by molar-refractivity contribution is 5.47. The first-order chi connectivity index (χ1) is 8.79. The summed E-state index contributed by atoms with van der Waals surface area (Å²) in [6.45, 7) is 2.69. The number of pyridine rings is 1. The van der Waals surface area contributed by atoms with Crippen molar-refractivity contribution >= 4 is 0 Å². The second-order valence-electron chi connectivity index (χ2n) is 4.68. The van der Waals surface area contributed by atoms with Gasteiger partial charge < -0.3 is 10.5 Å². The first-order valence-corrected chi connectivity index (χ1v) is 6.21. The van der Waals surface area contributed by atoms with Gasteiger partial charge in [-0.25, -0.2) is 0 Å². The molecule has 0 saturated carbocycles. The van der Waals surface area contributed by atoms with Gasteiger partial charge in [0, 0.05) is 18.7 Å². The standard InChI is InChI=1S/C15H16N2O/c1-10-4-2-5-13-12(10)8-11(9-16)15-14(18-13)6-3-7-17-15/h2-7,11H,8-9,16H2,1H3/t11-/m1/s1. The van der Waals surface area contributed by atoms with Crippen LogP contribution in [0.25, 0.3) is 0 Å². The number of hydrogen-bond acceptors (Lipinski definition) is 3. The predicted octanol–water partition coefficient (Wildman–Crippen LogP) is 2.78. The van der Waals surface area contributed by atoms with Crippen LogP contribution in [0.15, 0.2) is 36.5 Å². The lowest BCUT2D eigenvalue weighted by Gasteiger charge is -2.13. The second-order valence-corrected chi connectivity index (χ2v) is 4.68. The smallest absolute Gasteiger partial charge is 0.149 e. The summed E-state index contributed by atoms with van der Waals surface area (Å²) < 4.78 is 6.00. The molecule has 1 atom stereocenters. The molecule has 2 N–H and O–H groups in total. The van der Waals surface area contributed by atoms with E-state index >= 15 is 0 Å². The average molecular weight is 240 g/mol. The molecule has 0 amide bonds. The van der Waals surface area contributed by atoms with Crippen LogP contribution in [0, 0.1) is 6.92 Å². The van der Waals surface area contributed by atoms with Crippen LogP contribution in [0.2, 0.25) is 0 Å². The van der Waals surface area contributed by atoms with Crippen molar-refractivity contribution in [1.82, 2.24) is 4.98 Å². The Hall–Kier alpha value is -1.87. The van der Waals surface area contributed by atoms with Gasteiger partial charge in [-0.1, -0.05) is 12.1 Å². The zero-order chi connectivity index (χ0) is 12.5. The van der Waals surface area contributed by atoms with Gasteiger partial charge in [0.1, 0.15) is 11.5 Å². The maximum atomic E-state index is 6.00.